The van der Waals surface area contributed by atoms with E-state index in [1.54, 1.807) is 13.8 Å². The normalized spacial score (nSPS) is 11.6. The molecular formula is C15H18FNO4. The van der Waals surface area contributed by atoms with Gasteiger partial charge in [0.15, 0.2) is 0 Å². The van der Waals surface area contributed by atoms with Gasteiger partial charge in [0.2, 0.25) is 0 Å². The van der Waals surface area contributed by atoms with Gasteiger partial charge in [0, 0.05) is 25.3 Å². The highest BCUT2D eigenvalue weighted by molar-refractivity contribution is 5.85. The molecule has 21 heavy (non-hydrogen) atoms. The molecule has 5 nitrogen and oxygen atoms in total. The van der Waals surface area contributed by atoms with E-state index >= 15 is 0 Å². The Morgan fingerprint density at radius 3 is 2.67 bits per heavy atom. The number of aliphatic carboxylic acids is 1. The van der Waals surface area contributed by atoms with Crippen molar-refractivity contribution in [2.45, 2.75) is 26.0 Å². The third-order valence-corrected chi connectivity index (χ3v) is 2.98. The second-order valence-electron chi connectivity index (χ2n) is 4.92. The molecule has 0 unspecified atom stereocenters. The molecule has 1 amide bonds. The van der Waals surface area contributed by atoms with Crippen molar-refractivity contribution in [2.24, 2.45) is 0 Å². The molecular weight excluding hydrogens is 277 g/mol. The Balaban J connectivity index is 2.81. The maximum absolute atomic E-state index is 13.7. The maximum Gasteiger partial charge on any atom is 0.328 e. The number of benzene rings is 1. The summed E-state index contributed by atoms with van der Waals surface area (Å²) >= 11 is 0. The zero-order valence-corrected chi connectivity index (χ0v) is 12.1. The highest BCUT2D eigenvalue weighted by Gasteiger charge is 2.26. The van der Waals surface area contributed by atoms with Crippen LogP contribution in [0.3, 0.4) is 0 Å². The molecule has 0 radical (unpaired) electrons. The van der Waals surface area contributed by atoms with E-state index in [-0.39, 0.29) is 18.0 Å². The smallest absolute Gasteiger partial charge is 0.328 e. The van der Waals surface area contributed by atoms with Crippen LogP contribution in [0.25, 0.3) is 6.08 Å². The minimum atomic E-state index is -1.09. The van der Waals surface area contributed by atoms with E-state index in [2.05, 4.69) is 5.32 Å². The Labute approximate surface area is 122 Å². The fourth-order valence-electron chi connectivity index (χ4n) is 1.48. The fraction of sp³-hybridized carbons (Fsp3) is 0.333. The Morgan fingerprint density at radius 1 is 1.43 bits per heavy atom. The number of nitrogens with one attached hydrogen (secondary N) is 1. The number of carbonyl (C=O) groups excluding carboxylic acids is 1. The van der Waals surface area contributed by atoms with Crippen LogP contribution in [-0.4, -0.2) is 29.7 Å². The van der Waals surface area contributed by atoms with Gasteiger partial charge >= 0.3 is 5.97 Å². The molecule has 0 spiro atoms. The number of carboxylic acid groups (broad SMARTS) is 1. The minimum Gasteiger partial charge on any atom is -0.478 e. The summed E-state index contributed by atoms with van der Waals surface area (Å²) in [7, 11) is 1.41. The molecule has 0 fully saturated rings. The molecule has 2 N–H and O–H groups in total. The van der Waals surface area contributed by atoms with Gasteiger partial charge in [-0.3, -0.25) is 4.79 Å². The molecule has 0 heterocycles. The molecule has 1 aromatic carbocycles. The Hall–Kier alpha value is -2.21. The summed E-state index contributed by atoms with van der Waals surface area (Å²) in [5.74, 6) is -1.93. The summed E-state index contributed by atoms with van der Waals surface area (Å²) in [5, 5.41) is 11.1. The molecule has 0 aliphatic heterocycles. The zero-order valence-electron chi connectivity index (χ0n) is 12.1. The predicted octanol–water partition coefficient (Wildman–Crippen LogP) is 1.96. The van der Waals surface area contributed by atoms with Gasteiger partial charge in [-0.05, 0) is 37.6 Å². The van der Waals surface area contributed by atoms with Crippen molar-refractivity contribution < 1.29 is 23.8 Å². The van der Waals surface area contributed by atoms with Gasteiger partial charge in [-0.15, -0.1) is 0 Å². The van der Waals surface area contributed by atoms with Crippen LogP contribution in [0.2, 0.25) is 0 Å². The summed E-state index contributed by atoms with van der Waals surface area (Å²) in [6, 6.07) is 4.17. The second-order valence-corrected chi connectivity index (χ2v) is 4.92. The topological polar surface area (TPSA) is 75.6 Å². The van der Waals surface area contributed by atoms with E-state index in [1.165, 1.54) is 31.4 Å². The lowest BCUT2D eigenvalue weighted by atomic mass is 10.1. The monoisotopic (exact) mass is 295 g/mol. The lowest BCUT2D eigenvalue weighted by Gasteiger charge is -2.21. The summed E-state index contributed by atoms with van der Waals surface area (Å²) in [4.78, 5) is 22.3. The zero-order chi connectivity index (χ0) is 16.0. The van der Waals surface area contributed by atoms with Crippen molar-refractivity contribution in [2.75, 3.05) is 7.11 Å². The number of carboxylic acids is 1. The summed E-state index contributed by atoms with van der Waals surface area (Å²) in [5.41, 5.74) is -0.200. The largest absolute Gasteiger partial charge is 0.478 e. The van der Waals surface area contributed by atoms with Crippen LogP contribution >= 0.6 is 0 Å². The van der Waals surface area contributed by atoms with Gasteiger partial charge in [0.25, 0.3) is 5.91 Å². The van der Waals surface area contributed by atoms with E-state index in [0.29, 0.717) is 5.56 Å². The fourth-order valence-corrected chi connectivity index (χ4v) is 1.48. The van der Waals surface area contributed by atoms with Crippen LogP contribution in [0, 0.1) is 5.82 Å². The van der Waals surface area contributed by atoms with Gasteiger partial charge in [-0.1, -0.05) is 6.07 Å². The van der Waals surface area contributed by atoms with Crippen LogP contribution in [0.15, 0.2) is 24.3 Å². The average Bonchev–Trinajstić information content (AvgIpc) is 2.44. The average molecular weight is 295 g/mol. The van der Waals surface area contributed by atoms with Crippen LogP contribution < -0.4 is 5.32 Å². The Morgan fingerprint density at radius 2 is 2.10 bits per heavy atom. The summed E-state index contributed by atoms with van der Waals surface area (Å²) in [6.45, 7) is 3.20. The Bertz CT molecular complexity index is 567. The first-order valence-corrected chi connectivity index (χ1v) is 6.29. The summed E-state index contributed by atoms with van der Waals surface area (Å²) < 4.78 is 18.7. The van der Waals surface area contributed by atoms with E-state index in [4.69, 9.17) is 9.84 Å². The second kappa shape index (κ2) is 6.99. The standard InChI is InChI=1S/C15H18FNO4/c1-15(2,21-3)14(20)17-9-11-8-10(4-6-12(11)16)5-7-13(18)19/h4-8H,9H2,1-3H3,(H,17,20)(H,18,19)/b7-5+. The van der Waals surface area contributed by atoms with E-state index < -0.39 is 17.4 Å². The number of rotatable bonds is 6. The lowest BCUT2D eigenvalue weighted by Crippen LogP contribution is -2.43. The molecule has 1 rings (SSSR count). The quantitative estimate of drug-likeness (QED) is 0.787. The lowest BCUT2D eigenvalue weighted by molar-refractivity contribution is -0.139. The summed E-state index contributed by atoms with van der Waals surface area (Å²) in [6.07, 6.45) is 2.32. The molecule has 6 heteroatoms. The van der Waals surface area contributed by atoms with Crippen molar-refractivity contribution in [1.29, 1.82) is 0 Å². The molecule has 0 saturated heterocycles. The van der Waals surface area contributed by atoms with Crippen LogP contribution in [-0.2, 0) is 20.9 Å². The third-order valence-electron chi connectivity index (χ3n) is 2.98. The molecule has 0 saturated carbocycles. The minimum absolute atomic E-state index is 0.00773. The van der Waals surface area contributed by atoms with Crippen LogP contribution in [0.5, 0.6) is 0 Å². The maximum atomic E-state index is 13.7. The SMILES string of the molecule is COC(C)(C)C(=O)NCc1cc(/C=C/C(=O)O)ccc1F. The van der Waals surface area contributed by atoms with E-state index in [9.17, 15) is 14.0 Å². The predicted molar refractivity (Wildman–Crippen MR) is 76.0 cm³/mol. The number of hydrogen-bond acceptors (Lipinski definition) is 3. The highest BCUT2D eigenvalue weighted by Crippen LogP contribution is 2.13. The van der Waals surface area contributed by atoms with Crippen LogP contribution in [0.1, 0.15) is 25.0 Å². The number of methoxy groups -OCH3 is 1. The van der Waals surface area contributed by atoms with Gasteiger partial charge < -0.3 is 15.2 Å². The Kier molecular flexibility index (Phi) is 5.60. The molecule has 114 valence electrons. The highest BCUT2D eigenvalue weighted by atomic mass is 19.1. The first-order valence-electron chi connectivity index (χ1n) is 6.29. The first-order chi connectivity index (χ1) is 9.76. The first kappa shape index (κ1) is 16.8. The number of hydrogen-bond donors (Lipinski definition) is 2. The molecule has 0 atom stereocenters. The number of ether oxygens (including phenoxy) is 1. The molecule has 0 bridgehead atoms. The van der Waals surface area contributed by atoms with Gasteiger partial charge in [0.1, 0.15) is 11.4 Å². The van der Waals surface area contributed by atoms with Crippen LogP contribution in [0.4, 0.5) is 4.39 Å². The van der Waals surface area contributed by atoms with Crippen molar-refractivity contribution in [1.82, 2.24) is 5.32 Å². The van der Waals surface area contributed by atoms with Crippen molar-refractivity contribution in [3.8, 4) is 0 Å². The third kappa shape index (κ3) is 5.00. The number of amides is 1. The van der Waals surface area contributed by atoms with Crippen molar-refractivity contribution >= 4 is 18.0 Å². The molecule has 1 aromatic rings. The van der Waals surface area contributed by atoms with Gasteiger partial charge in [-0.2, -0.15) is 0 Å². The molecule has 0 aliphatic carbocycles. The van der Waals surface area contributed by atoms with Crippen molar-refractivity contribution in [3.63, 3.8) is 0 Å². The molecule has 0 aromatic heterocycles. The molecule has 0 aliphatic rings. The number of halogens is 1. The van der Waals surface area contributed by atoms with E-state index in [0.717, 1.165) is 6.08 Å². The van der Waals surface area contributed by atoms with Crippen molar-refractivity contribution in [3.05, 3.63) is 41.2 Å². The van der Waals surface area contributed by atoms with E-state index in [1.807, 2.05) is 0 Å². The number of carbonyl (C=O) groups is 2. The van der Waals surface area contributed by atoms with Gasteiger partial charge in [-0.25, -0.2) is 9.18 Å². The van der Waals surface area contributed by atoms with Gasteiger partial charge in [0.05, 0.1) is 0 Å².